The number of nitrogens with zero attached hydrogens (tertiary/aromatic N) is 2. The maximum atomic E-state index is 12.3. The Balaban J connectivity index is 1.37. The van der Waals surface area contributed by atoms with Crippen molar-refractivity contribution < 1.29 is 9.53 Å². The van der Waals surface area contributed by atoms with E-state index in [2.05, 4.69) is 16.4 Å². The summed E-state index contributed by atoms with van der Waals surface area (Å²) in [6.07, 6.45) is 9.75. The van der Waals surface area contributed by atoms with Crippen molar-refractivity contribution in [3.63, 3.8) is 0 Å². The number of nitrogens with one attached hydrogen (secondary N) is 1. The highest BCUT2D eigenvalue weighted by atomic mass is 16.5. The molecule has 1 atom stereocenters. The Bertz CT molecular complexity index is 960. The van der Waals surface area contributed by atoms with Gasteiger partial charge in [-0.3, -0.25) is 4.79 Å². The molecule has 0 saturated heterocycles. The number of fused-ring (bicyclic) bond motifs is 1. The van der Waals surface area contributed by atoms with E-state index in [1.54, 1.807) is 18.6 Å². The van der Waals surface area contributed by atoms with Crippen LogP contribution in [0.3, 0.4) is 0 Å². The molecule has 0 radical (unpaired) electrons. The van der Waals surface area contributed by atoms with E-state index in [1.807, 2.05) is 60.2 Å². The molecule has 0 bridgehead atoms. The first-order valence-electron chi connectivity index (χ1n) is 9.01. The van der Waals surface area contributed by atoms with Crippen molar-refractivity contribution in [2.45, 2.75) is 19.4 Å². The van der Waals surface area contributed by atoms with Crippen LogP contribution < -0.4 is 10.1 Å². The summed E-state index contributed by atoms with van der Waals surface area (Å²) >= 11 is 0. The standard InChI is InChI=1S/C22H21N3O2/c1-16(18-4-6-20(7-5-18)25-12-11-23-15-25)24-22(26)9-3-17-2-8-21-19(14-17)10-13-27-21/h2-9,11-12,14-16H,10,13H2,1H3,(H,24,26)/b9-3-/t16-/m0/s1. The summed E-state index contributed by atoms with van der Waals surface area (Å²) in [7, 11) is 0. The molecule has 0 aliphatic carbocycles. The number of rotatable bonds is 5. The number of carbonyl (C=O) groups excluding carboxylic acids is 1. The van der Waals surface area contributed by atoms with Gasteiger partial charge in [-0.05, 0) is 54.0 Å². The van der Waals surface area contributed by atoms with Crippen molar-refractivity contribution in [2.75, 3.05) is 6.61 Å². The SMILES string of the molecule is C[C@H](NC(=O)/C=C\c1ccc2c(c1)CCO2)c1ccc(-n2ccnc2)cc1. The Morgan fingerprint density at radius 2 is 2.11 bits per heavy atom. The number of hydrogen-bond acceptors (Lipinski definition) is 3. The summed E-state index contributed by atoms with van der Waals surface area (Å²) in [5, 5.41) is 3.00. The molecule has 1 N–H and O–H groups in total. The second-order valence-electron chi connectivity index (χ2n) is 6.59. The predicted octanol–water partition coefficient (Wildman–Crippen LogP) is 3.70. The fourth-order valence-corrected chi connectivity index (χ4v) is 3.17. The van der Waals surface area contributed by atoms with Crippen LogP contribution in [0.4, 0.5) is 0 Å². The lowest BCUT2D eigenvalue weighted by Gasteiger charge is -2.13. The lowest BCUT2D eigenvalue weighted by molar-refractivity contribution is -0.117. The van der Waals surface area contributed by atoms with Crippen molar-refractivity contribution in [3.05, 3.63) is 84.0 Å². The van der Waals surface area contributed by atoms with Crippen LogP contribution in [0.15, 0.2) is 67.3 Å². The zero-order valence-electron chi connectivity index (χ0n) is 15.1. The number of amides is 1. The van der Waals surface area contributed by atoms with Gasteiger partial charge in [0.05, 0.1) is 19.0 Å². The van der Waals surface area contributed by atoms with E-state index in [0.29, 0.717) is 0 Å². The van der Waals surface area contributed by atoms with Crippen LogP contribution in [0.1, 0.15) is 29.7 Å². The first kappa shape index (κ1) is 17.1. The number of aromatic nitrogens is 2. The third-order valence-corrected chi connectivity index (χ3v) is 4.70. The molecule has 2 heterocycles. The van der Waals surface area contributed by atoms with Gasteiger partial charge >= 0.3 is 0 Å². The smallest absolute Gasteiger partial charge is 0.244 e. The minimum Gasteiger partial charge on any atom is -0.493 e. The van der Waals surface area contributed by atoms with Gasteiger partial charge in [0, 0.05) is 30.6 Å². The lowest BCUT2D eigenvalue weighted by atomic mass is 10.1. The van der Waals surface area contributed by atoms with Crippen LogP contribution in [0.5, 0.6) is 5.75 Å². The van der Waals surface area contributed by atoms with Gasteiger partial charge in [0.2, 0.25) is 5.91 Å². The van der Waals surface area contributed by atoms with Gasteiger partial charge in [-0.25, -0.2) is 4.98 Å². The number of hydrogen-bond donors (Lipinski definition) is 1. The second kappa shape index (κ2) is 7.50. The molecule has 1 amide bonds. The monoisotopic (exact) mass is 359 g/mol. The Hall–Kier alpha value is -3.34. The summed E-state index contributed by atoms with van der Waals surface area (Å²) in [5.41, 5.74) is 4.29. The average Bonchev–Trinajstić information content (AvgIpc) is 3.38. The first-order valence-corrected chi connectivity index (χ1v) is 9.01. The van der Waals surface area contributed by atoms with Gasteiger partial charge in [-0.2, -0.15) is 0 Å². The first-order chi connectivity index (χ1) is 13.2. The predicted molar refractivity (Wildman–Crippen MR) is 105 cm³/mol. The van der Waals surface area contributed by atoms with Gasteiger partial charge in [-0.1, -0.05) is 18.2 Å². The summed E-state index contributed by atoms with van der Waals surface area (Å²) in [6.45, 7) is 2.71. The molecule has 3 aromatic rings. The molecule has 1 aliphatic rings. The van der Waals surface area contributed by atoms with Crippen molar-refractivity contribution in [1.29, 1.82) is 0 Å². The van der Waals surface area contributed by atoms with Gasteiger partial charge in [0.25, 0.3) is 0 Å². The number of imidazole rings is 1. The van der Waals surface area contributed by atoms with Crippen molar-refractivity contribution in [3.8, 4) is 11.4 Å². The number of benzene rings is 2. The van der Waals surface area contributed by atoms with Crippen molar-refractivity contribution in [1.82, 2.24) is 14.9 Å². The molecular formula is C22H21N3O2. The molecule has 27 heavy (non-hydrogen) atoms. The zero-order chi connectivity index (χ0) is 18.6. The second-order valence-corrected chi connectivity index (χ2v) is 6.59. The van der Waals surface area contributed by atoms with Crippen LogP contribution >= 0.6 is 0 Å². The van der Waals surface area contributed by atoms with E-state index in [9.17, 15) is 4.79 Å². The van der Waals surface area contributed by atoms with E-state index in [1.165, 1.54) is 5.56 Å². The average molecular weight is 359 g/mol. The van der Waals surface area contributed by atoms with Gasteiger partial charge in [-0.15, -0.1) is 0 Å². The third kappa shape index (κ3) is 3.92. The van der Waals surface area contributed by atoms with Crippen LogP contribution in [-0.4, -0.2) is 22.1 Å². The Morgan fingerprint density at radius 1 is 1.26 bits per heavy atom. The Labute approximate surface area is 158 Å². The Morgan fingerprint density at radius 3 is 2.89 bits per heavy atom. The van der Waals surface area contributed by atoms with Crippen LogP contribution in [0.2, 0.25) is 0 Å². The van der Waals surface area contributed by atoms with E-state index in [4.69, 9.17) is 4.74 Å². The van der Waals surface area contributed by atoms with Crippen LogP contribution in [-0.2, 0) is 11.2 Å². The molecule has 0 saturated carbocycles. The molecule has 1 aromatic heterocycles. The van der Waals surface area contributed by atoms with Crippen molar-refractivity contribution >= 4 is 12.0 Å². The maximum absolute atomic E-state index is 12.3. The Kier molecular flexibility index (Phi) is 4.75. The summed E-state index contributed by atoms with van der Waals surface area (Å²) < 4.78 is 7.45. The van der Waals surface area contributed by atoms with Gasteiger partial charge in [0.1, 0.15) is 5.75 Å². The highest BCUT2D eigenvalue weighted by Gasteiger charge is 2.11. The topological polar surface area (TPSA) is 56.1 Å². The van der Waals surface area contributed by atoms with Gasteiger partial charge < -0.3 is 14.6 Å². The van der Waals surface area contributed by atoms with Gasteiger partial charge in [0.15, 0.2) is 0 Å². The van der Waals surface area contributed by atoms with E-state index < -0.39 is 0 Å². The largest absolute Gasteiger partial charge is 0.493 e. The fraction of sp³-hybridized carbons (Fsp3) is 0.182. The molecule has 0 unspecified atom stereocenters. The normalized spacial score (nSPS) is 14.0. The molecule has 0 spiro atoms. The van der Waals surface area contributed by atoms with Crippen molar-refractivity contribution in [2.24, 2.45) is 0 Å². The number of ether oxygens (including phenoxy) is 1. The summed E-state index contributed by atoms with van der Waals surface area (Å²) in [6, 6.07) is 14.0. The molecule has 1 aliphatic heterocycles. The minimum absolute atomic E-state index is 0.0765. The molecule has 5 nitrogen and oxygen atoms in total. The summed E-state index contributed by atoms with van der Waals surface area (Å²) in [5.74, 6) is 0.835. The quantitative estimate of drug-likeness (QED) is 0.707. The van der Waals surface area contributed by atoms with E-state index in [0.717, 1.165) is 35.6 Å². The lowest BCUT2D eigenvalue weighted by Crippen LogP contribution is -2.24. The molecule has 5 heteroatoms. The van der Waals surface area contributed by atoms with Crippen LogP contribution in [0.25, 0.3) is 11.8 Å². The number of carbonyl (C=O) groups is 1. The molecular weight excluding hydrogens is 338 g/mol. The van der Waals surface area contributed by atoms with E-state index >= 15 is 0 Å². The highest BCUT2D eigenvalue weighted by Crippen LogP contribution is 2.26. The third-order valence-electron chi connectivity index (χ3n) is 4.70. The highest BCUT2D eigenvalue weighted by molar-refractivity contribution is 5.92. The fourth-order valence-electron chi connectivity index (χ4n) is 3.17. The molecule has 2 aromatic carbocycles. The maximum Gasteiger partial charge on any atom is 0.244 e. The summed E-state index contributed by atoms with van der Waals surface area (Å²) in [4.78, 5) is 16.3. The minimum atomic E-state index is -0.113. The molecule has 4 rings (SSSR count). The van der Waals surface area contributed by atoms with Crippen LogP contribution in [0, 0.1) is 0 Å². The molecule has 0 fully saturated rings. The zero-order valence-corrected chi connectivity index (χ0v) is 15.1. The molecule has 136 valence electrons. The van der Waals surface area contributed by atoms with E-state index in [-0.39, 0.29) is 11.9 Å².